The van der Waals surface area contributed by atoms with Crippen molar-refractivity contribution in [2.24, 2.45) is 0 Å². The zero-order valence-corrected chi connectivity index (χ0v) is 18.9. The average Bonchev–Trinajstić information content (AvgIpc) is 3.36. The summed E-state index contributed by atoms with van der Waals surface area (Å²) < 4.78 is 30.0. The summed E-state index contributed by atoms with van der Waals surface area (Å²) in [6.45, 7) is 1.82. The molecule has 3 aromatic heterocycles. The molecule has 1 N–H and O–H groups in total. The minimum absolute atomic E-state index is 0.0760. The zero-order valence-electron chi connectivity index (χ0n) is 16.4. The third-order valence-corrected chi connectivity index (χ3v) is 8.19. The van der Waals surface area contributed by atoms with E-state index in [0.717, 1.165) is 32.0 Å². The van der Waals surface area contributed by atoms with Crippen molar-refractivity contribution in [3.8, 4) is 5.69 Å². The third kappa shape index (κ3) is 5.22. The van der Waals surface area contributed by atoms with Gasteiger partial charge < -0.3 is 0 Å². The van der Waals surface area contributed by atoms with Gasteiger partial charge in [-0.05, 0) is 49.4 Å². The van der Waals surface area contributed by atoms with Crippen molar-refractivity contribution < 1.29 is 13.2 Å². The van der Waals surface area contributed by atoms with E-state index in [2.05, 4.69) is 14.8 Å². The Kier molecular flexibility index (Phi) is 6.21. The molecular formula is C21H18N4O3S3. The molecule has 0 aliphatic carbocycles. The number of carbonyl (C=O) groups excluding carboxylic acids is 1. The van der Waals surface area contributed by atoms with Gasteiger partial charge in [-0.2, -0.15) is 5.10 Å². The predicted octanol–water partition coefficient (Wildman–Crippen LogP) is 3.84. The van der Waals surface area contributed by atoms with Gasteiger partial charge in [-0.25, -0.2) is 22.8 Å². The summed E-state index contributed by atoms with van der Waals surface area (Å²) in [4.78, 5) is 16.8. The number of nitrogens with one attached hydrogen (secondary N) is 1. The second kappa shape index (κ2) is 9.04. The third-order valence-electron chi connectivity index (χ3n) is 4.16. The van der Waals surface area contributed by atoms with E-state index in [1.807, 2.05) is 55.5 Å². The largest absolute Gasteiger partial charge is 0.274 e. The van der Waals surface area contributed by atoms with Crippen LogP contribution in [0, 0.1) is 6.92 Å². The number of carbonyl (C=O) groups is 1. The quantitative estimate of drug-likeness (QED) is 0.441. The van der Waals surface area contributed by atoms with Crippen molar-refractivity contribution in [3.63, 3.8) is 0 Å². The second-order valence-electron chi connectivity index (χ2n) is 6.57. The van der Waals surface area contributed by atoms with Crippen LogP contribution in [-0.2, 0) is 21.2 Å². The van der Waals surface area contributed by atoms with E-state index < -0.39 is 15.9 Å². The highest BCUT2D eigenvalue weighted by Crippen LogP contribution is 2.34. The van der Waals surface area contributed by atoms with Gasteiger partial charge in [0.2, 0.25) is 5.91 Å². The first-order valence-electron chi connectivity index (χ1n) is 9.26. The number of sulfonamides is 1. The summed E-state index contributed by atoms with van der Waals surface area (Å²) in [7, 11) is -3.97. The Morgan fingerprint density at radius 3 is 2.61 bits per heavy atom. The van der Waals surface area contributed by atoms with E-state index in [1.54, 1.807) is 23.0 Å². The first-order chi connectivity index (χ1) is 14.9. The van der Waals surface area contributed by atoms with Gasteiger partial charge in [0, 0.05) is 6.20 Å². The summed E-state index contributed by atoms with van der Waals surface area (Å²) in [5, 5.41) is 5.18. The fourth-order valence-corrected chi connectivity index (χ4v) is 6.36. The van der Waals surface area contributed by atoms with Crippen molar-refractivity contribution in [2.45, 2.75) is 26.8 Å². The van der Waals surface area contributed by atoms with E-state index in [1.165, 1.54) is 17.8 Å². The Morgan fingerprint density at radius 1 is 1.10 bits per heavy atom. The van der Waals surface area contributed by atoms with Gasteiger partial charge >= 0.3 is 0 Å². The van der Waals surface area contributed by atoms with Crippen molar-refractivity contribution >= 4 is 39.0 Å². The summed E-state index contributed by atoms with van der Waals surface area (Å²) in [5.74, 6) is -0.621. The molecule has 0 saturated carbocycles. The number of benzene rings is 1. The number of thiophene rings is 1. The smallest absolute Gasteiger partial charge is 0.273 e. The molecule has 0 radical (unpaired) electrons. The van der Waals surface area contributed by atoms with Crippen LogP contribution in [0.1, 0.15) is 11.4 Å². The molecule has 1 amide bonds. The second-order valence-corrected chi connectivity index (χ2v) is 10.9. The topological polar surface area (TPSA) is 94.0 Å². The SMILES string of the molecule is Cc1cc(CC(=O)NS(=O)(=O)c2ccc(Sc3ccccn3)s2)n(-c2ccccc2)n1. The molecule has 0 bridgehead atoms. The minimum atomic E-state index is -3.97. The van der Waals surface area contributed by atoms with Crippen LogP contribution in [-0.4, -0.2) is 29.1 Å². The Balaban J connectivity index is 1.47. The van der Waals surface area contributed by atoms with Crippen molar-refractivity contribution in [1.29, 1.82) is 0 Å². The Morgan fingerprint density at radius 2 is 1.87 bits per heavy atom. The molecule has 3 heterocycles. The Bertz CT molecular complexity index is 1300. The molecule has 4 aromatic rings. The van der Waals surface area contributed by atoms with E-state index in [9.17, 15) is 13.2 Å². The number of hydrogen-bond donors (Lipinski definition) is 1. The van der Waals surface area contributed by atoms with Crippen LogP contribution < -0.4 is 4.72 Å². The maximum atomic E-state index is 12.7. The number of nitrogens with zero attached hydrogens (tertiary/aromatic N) is 3. The lowest BCUT2D eigenvalue weighted by molar-refractivity contribution is -0.118. The van der Waals surface area contributed by atoms with Gasteiger partial charge in [0.25, 0.3) is 10.0 Å². The molecule has 0 aliphatic rings. The standard InChI is InChI=1S/C21H18N4O3S3/c1-15-13-17(25(23-15)16-7-3-2-4-8-16)14-18(26)24-31(27,28)21-11-10-20(30-21)29-19-9-5-6-12-22-19/h2-13H,14H2,1H3,(H,24,26). The van der Waals surface area contributed by atoms with E-state index in [0.29, 0.717) is 5.69 Å². The van der Waals surface area contributed by atoms with E-state index in [4.69, 9.17) is 0 Å². The van der Waals surface area contributed by atoms with Gasteiger partial charge in [-0.1, -0.05) is 36.0 Å². The van der Waals surface area contributed by atoms with Crippen LogP contribution >= 0.6 is 23.1 Å². The molecule has 158 valence electrons. The predicted molar refractivity (Wildman–Crippen MR) is 120 cm³/mol. The highest BCUT2D eigenvalue weighted by molar-refractivity contribution is 8.01. The first kappa shape index (κ1) is 21.3. The number of pyridine rings is 1. The number of hydrogen-bond acceptors (Lipinski definition) is 7. The van der Waals surface area contributed by atoms with Crippen LogP contribution in [0.5, 0.6) is 0 Å². The monoisotopic (exact) mass is 470 g/mol. The lowest BCUT2D eigenvalue weighted by Gasteiger charge is -2.08. The zero-order chi connectivity index (χ0) is 21.8. The maximum absolute atomic E-state index is 12.7. The molecule has 10 heteroatoms. The van der Waals surface area contributed by atoms with Crippen molar-refractivity contribution in [2.75, 3.05) is 0 Å². The molecule has 31 heavy (non-hydrogen) atoms. The van der Waals surface area contributed by atoms with Crippen LogP contribution in [0.2, 0.25) is 0 Å². The molecule has 0 spiro atoms. The van der Waals surface area contributed by atoms with Crippen molar-refractivity contribution in [1.82, 2.24) is 19.5 Å². The summed E-state index contributed by atoms with van der Waals surface area (Å²) in [6.07, 6.45) is 1.56. The van der Waals surface area contributed by atoms with Crippen LogP contribution in [0.3, 0.4) is 0 Å². The molecule has 1 aromatic carbocycles. The highest BCUT2D eigenvalue weighted by atomic mass is 32.3. The summed E-state index contributed by atoms with van der Waals surface area (Å²) >= 11 is 2.46. The molecule has 0 unspecified atom stereocenters. The molecule has 4 rings (SSSR count). The van der Waals surface area contributed by atoms with Gasteiger partial charge in [0.1, 0.15) is 9.24 Å². The lowest BCUT2D eigenvalue weighted by Crippen LogP contribution is -2.31. The Labute approximate surface area is 188 Å². The van der Waals surface area contributed by atoms with Gasteiger partial charge in [-0.3, -0.25) is 4.79 Å². The van der Waals surface area contributed by atoms with E-state index >= 15 is 0 Å². The fraction of sp³-hybridized carbons (Fsp3) is 0.0952. The number of aryl methyl sites for hydroxylation is 1. The van der Waals surface area contributed by atoms with Gasteiger partial charge in [0.15, 0.2) is 0 Å². The number of aromatic nitrogens is 3. The van der Waals surface area contributed by atoms with Gasteiger partial charge in [-0.15, -0.1) is 11.3 Å². The lowest BCUT2D eigenvalue weighted by atomic mass is 10.2. The van der Waals surface area contributed by atoms with Crippen LogP contribution in [0.15, 0.2) is 86.4 Å². The van der Waals surface area contributed by atoms with Crippen LogP contribution in [0.4, 0.5) is 0 Å². The summed E-state index contributed by atoms with van der Waals surface area (Å²) in [5.41, 5.74) is 2.15. The molecular weight excluding hydrogens is 452 g/mol. The van der Waals surface area contributed by atoms with Crippen LogP contribution in [0.25, 0.3) is 5.69 Å². The first-order valence-corrected chi connectivity index (χ1v) is 12.4. The molecule has 0 saturated heterocycles. The normalized spacial score (nSPS) is 11.4. The van der Waals surface area contributed by atoms with Gasteiger partial charge in [0.05, 0.1) is 27.7 Å². The number of rotatable bonds is 7. The minimum Gasteiger partial charge on any atom is -0.274 e. The Hall–Kier alpha value is -2.95. The van der Waals surface area contributed by atoms with Crippen molar-refractivity contribution in [3.05, 3.63) is 84.3 Å². The molecule has 7 nitrogen and oxygen atoms in total. The number of amides is 1. The molecule has 0 fully saturated rings. The average molecular weight is 471 g/mol. The molecule has 0 atom stereocenters. The molecule has 0 aliphatic heterocycles. The fourth-order valence-electron chi connectivity index (χ4n) is 2.89. The van der Waals surface area contributed by atoms with E-state index in [-0.39, 0.29) is 10.6 Å². The number of para-hydroxylation sites is 1. The summed E-state index contributed by atoms with van der Waals surface area (Å²) in [6, 6.07) is 19.9. The highest BCUT2D eigenvalue weighted by Gasteiger charge is 2.22. The maximum Gasteiger partial charge on any atom is 0.273 e.